The maximum atomic E-state index is 11.1. The summed E-state index contributed by atoms with van der Waals surface area (Å²) in [5.74, 6) is 2.97. The molecule has 3 fully saturated rings. The molecule has 0 aromatic rings. The molecule has 1 unspecified atom stereocenters. The van der Waals surface area contributed by atoms with Gasteiger partial charge in [0.1, 0.15) is 0 Å². The minimum Gasteiger partial charge on any atom is -0.512 e. The van der Waals surface area contributed by atoms with E-state index in [-0.39, 0.29) is 23.0 Å². The second kappa shape index (κ2) is 6.58. The summed E-state index contributed by atoms with van der Waals surface area (Å²) in [7, 11) is 0. The lowest BCUT2D eigenvalue weighted by Gasteiger charge is -2.59. The third-order valence-electron chi connectivity index (χ3n) is 9.41. The normalized spacial score (nSPS) is 51.2. The zero-order chi connectivity index (χ0) is 19.7. The van der Waals surface area contributed by atoms with Crippen LogP contribution in [0.1, 0.15) is 59.3 Å². The van der Waals surface area contributed by atoms with Crippen molar-refractivity contribution in [3.05, 3.63) is 23.0 Å². The summed E-state index contributed by atoms with van der Waals surface area (Å²) in [6.07, 6.45) is 8.49. The minimum atomic E-state index is -0.155. The van der Waals surface area contributed by atoms with E-state index in [9.17, 15) is 10.2 Å². The van der Waals surface area contributed by atoms with E-state index in [0.717, 1.165) is 45.3 Å². The highest BCUT2D eigenvalue weighted by molar-refractivity contribution is 5.35. The molecule has 5 rings (SSSR count). The molecular weight excluding hydrogens is 350 g/mol. The molecule has 156 valence electrons. The van der Waals surface area contributed by atoms with Gasteiger partial charge in [-0.2, -0.15) is 0 Å². The van der Waals surface area contributed by atoms with Crippen molar-refractivity contribution in [1.82, 2.24) is 5.32 Å². The molecule has 4 heteroatoms. The van der Waals surface area contributed by atoms with Crippen molar-refractivity contribution in [3.63, 3.8) is 0 Å². The predicted molar refractivity (Wildman–Crippen MR) is 110 cm³/mol. The number of ether oxygens (including phenoxy) is 1. The number of hydrogen-bond acceptors (Lipinski definition) is 4. The molecule has 0 radical (unpaired) electrons. The van der Waals surface area contributed by atoms with Crippen molar-refractivity contribution in [1.29, 1.82) is 0 Å². The summed E-state index contributed by atoms with van der Waals surface area (Å²) in [6, 6.07) is 0.172. The van der Waals surface area contributed by atoms with Crippen LogP contribution >= 0.6 is 0 Å². The highest BCUT2D eigenvalue weighted by Gasteiger charge is 2.60. The number of fused-ring (bicyclic) bond motifs is 5. The second-order valence-corrected chi connectivity index (χ2v) is 10.8. The number of hydrogen-bond donors (Lipinski definition) is 3. The van der Waals surface area contributed by atoms with Crippen molar-refractivity contribution >= 4 is 0 Å². The van der Waals surface area contributed by atoms with Crippen LogP contribution < -0.4 is 5.32 Å². The quantitative estimate of drug-likeness (QED) is 0.596. The zero-order valence-corrected chi connectivity index (χ0v) is 17.7. The van der Waals surface area contributed by atoms with Gasteiger partial charge in [-0.25, -0.2) is 0 Å². The van der Waals surface area contributed by atoms with E-state index in [1.807, 2.05) is 0 Å². The number of nitrogens with one attached hydrogen (secondary N) is 1. The summed E-state index contributed by atoms with van der Waals surface area (Å²) in [4.78, 5) is 0. The van der Waals surface area contributed by atoms with Crippen LogP contribution in [0.25, 0.3) is 0 Å². The molecule has 28 heavy (non-hydrogen) atoms. The van der Waals surface area contributed by atoms with Crippen LogP contribution in [0, 0.1) is 34.5 Å². The highest BCUT2D eigenvalue weighted by Crippen LogP contribution is 2.67. The van der Waals surface area contributed by atoms with Gasteiger partial charge in [-0.1, -0.05) is 32.4 Å². The fourth-order valence-corrected chi connectivity index (χ4v) is 8.03. The SMILES string of the molecule is C[C@H]1C=C2C[C@@H](O)CC[C@]2(C)[C@H]2CC[C@]3(C)C(C4COCCN4)=C(O)C[C@H]3[C@H]12. The molecule has 0 aromatic carbocycles. The van der Waals surface area contributed by atoms with Gasteiger partial charge in [0.15, 0.2) is 0 Å². The molecule has 2 saturated carbocycles. The fraction of sp³-hybridized carbons (Fsp3) is 0.833. The van der Waals surface area contributed by atoms with Crippen molar-refractivity contribution < 1.29 is 14.9 Å². The Morgan fingerprint density at radius 3 is 2.64 bits per heavy atom. The van der Waals surface area contributed by atoms with Crippen molar-refractivity contribution in [3.8, 4) is 0 Å². The van der Waals surface area contributed by atoms with E-state index in [1.54, 1.807) is 0 Å². The van der Waals surface area contributed by atoms with E-state index >= 15 is 0 Å². The molecule has 0 bridgehead atoms. The number of morpholine rings is 1. The van der Waals surface area contributed by atoms with E-state index in [2.05, 4.69) is 32.2 Å². The van der Waals surface area contributed by atoms with Crippen LogP contribution in [0.5, 0.6) is 0 Å². The van der Waals surface area contributed by atoms with Gasteiger partial charge in [-0.3, -0.25) is 0 Å². The Bertz CT molecular complexity index is 709. The van der Waals surface area contributed by atoms with Crippen LogP contribution in [0.3, 0.4) is 0 Å². The van der Waals surface area contributed by atoms with Crippen molar-refractivity contribution in [2.45, 2.75) is 71.4 Å². The molecule has 4 aliphatic carbocycles. The van der Waals surface area contributed by atoms with Crippen molar-refractivity contribution in [2.75, 3.05) is 19.8 Å². The van der Waals surface area contributed by atoms with Gasteiger partial charge in [-0.15, -0.1) is 0 Å². The van der Waals surface area contributed by atoms with E-state index in [0.29, 0.717) is 36.0 Å². The lowest BCUT2D eigenvalue weighted by atomic mass is 9.45. The molecular formula is C24H37NO3. The number of allylic oxidation sites excluding steroid dienone is 2. The third-order valence-corrected chi connectivity index (χ3v) is 9.41. The number of aliphatic hydroxyl groups is 2. The number of aliphatic hydroxyl groups excluding tert-OH is 2. The summed E-state index contributed by atoms with van der Waals surface area (Å²) < 4.78 is 5.75. The van der Waals surface area contributed by atoms with E-state index in [1.165, 1.54) is 17.6 Å². The topological polar surface area (TPSA) is 61.7 Å². The number of rotatable bonds is 1. The van der Waals surface area contributed by atoms with Crippen LogP contribution in [0.15, 0.2) is 23.0 Å². The van der Waals surface area contributed by atoms with Gasteiger partial charge in [-0.05, 0) is 72.2 Å². The molecule has 1 heterocycles. The molecule has 1 aliphatic heterocycles. The molecule has 0 aromatic heterocycles. The Morgan fingerprint density at radius 2 is 1.89 bits per heavy atom. The Labute approximate surface area is 169 Å². The minimum absolute atomic E-state index is 0.0771. The largest absolute Gasteiger partial charge is 0.512 e. The first-order chi connectivity index (χ1) is 13.3. The van der Waals surface area contributed by atoms with E-state index in [4.69, 9.17) is 4.74 Å². The first kappa shape index (κ1) is 19.1. The van der Waals surface area contributed by atoms with Crippen molar-refractivity contribution in [2.24, 2.45) is 34.5 Å². The van der Waals surface area contributed by atoms with Gasteiger partial charge < -0.3 is 20.3 Å². The molecule has 0 spiro atoms. The summed E-state index contributed by atoms with van der Waals surface area (Å²) in [5, 5.41) is 24.9. The monoisotopic (exact) mass is 387 g/mol. The maximum Gasteiger partial charge on any atom is 0.0940 e. The average molecular weight is 388 g/mol. The summed E-state index contributed by atoms with van der Waals surface area (Å²) in [6.45, 7) is 9.60. The third kappa shape index (κ3) is 2.60. The standard InChI is InChI=1S/C24H37NO3/c1-14-10-15-11-16(26)4-6-23(15,2)17-5-7-24(3)18(21(14)17)12-20(27)22(24)19-13-28-9-8-25-19/h10,14,16-19,21,25-27H,4-9,11-13H2,1-3H3/t14-,16-,17-,18-,19?,21+,23-,24-/m0/s1. The summed E-state index contributed by atoms with van der Waals surface area (Å²) in [5.41, 5.74) is 3.08. The van der Waals surface area contributed by atoms with Crippen LogP contribution in [-0.4, -0.2) is 42.1 Å². The molecule has 4 nitrogen and oxygen atoms in total. The Balaban J connectivity index is 1.49. The fourth-order valence-electron chi connectivity index (χ4n) is 8.03. The van der Waals surface area contributed by atoms with Gasteiger partial charge in [0, 0.05) is 13.0 Å². The first-order valence-electron chi connectivity index (χ1n) is 11.5. The van der Waals surface area contributed by atoms with Gasteiger partial charge in [0.2, 0.25) is 0 Å². The van der Waals surface area contributed by atoms with Gasteiger partial charge in [0.05, 0.1) is 31.1 Å². The zero-order valence-electron chi connectivity index (χ0n) is 17.7. The molecule has 5 aliphatic rings. The highest BCUT2D eigenvalue weighted by atomic mass is 16.5. The smallest absolute Gasteiger partial charge is 0.0940 e. The van der Waals surface area contributed by atoms with Crippen LogP contribution in [0.4, 0.5) is 0 Å². The summed E-state index contributed by atoms with van der Waals surface area (Å²) >= 11 is 0. The molecule has 3 N–H and O–H groups in total. The Morgan fingerprint density at radius 1 is 1.11 bits per heavy atom. The molecule has 8 atom stereocenters. The average Bonchev–Trinajstić information content (AvgIpc) is 2.94. The van der Waals surface area contributed by atoms with Gasteiger partial charge >= 0.3 is 0 Å². The Kier molecular flexibility index (Phi) is 4.50. The maximum absolute atomic E-state index is 11.1. The second-order valence-electron chi connectivity index (χ2n) is 10.8. The van der Waals surface area contributed by atoms with Crippen LogP contribution in [-0.2, 0) is 4.74 Å². The van der Waals surface area contributed by atoms with Gasteiger partial charge in [0.25, 0.3) is 0 Å². The first-order valence-corrected chi connectivity index (χ1v) is 11.5. The lowest BCUT2D eigenvalue weighted by molar-refractivity contribution is -0.0517. The lowest BCUT2D eigenvalue weighted by Crippen LogP contribution is -2.54. The molecule has 0 amide bonds. The molecule has 1 saturated heterocycles. The Hall–Kier alpha value is -0.840. The predicted octanol–water partition coefficient (Wildman–Crippen LogP) is 3.97. The van der Waals surface area contributed by atoms with Crippen LogP contribution in [0.2, 0.25) is 0 Å². The van der Waals surface area contributed by atoms with E-state index < -0.39 is 0 Å².